The van der Waals surface area contributed by atoms with Crippen molar-refractivity contribution in [1.29, 1.82) is 0 Å². The zero-order valence-corrected chi connectivity index (χ0v) is 11.4. The predicted molar refractivity (Wildman–Crippen MR) is 73.7 cm³/mol. The molecule has 0 bridgehead atoms. The SMILES string of the molecule is Cc1nc(C)n(C[C@H](C)C(=O)Nc2ccccc2)n1. The summed E-state index contributed by atoms with van der Waals surface area (Å²) in [7, 11) is 0. The van der Waals surface area contributed by atoms with E-state index in [-0.39, 0.29) is 11.8 Å². The first-order chi connectivity index (χ1) is 9.06. The highest BCUT2D eigenvalue weighted by Gasteiger charge is 2.15. The van der Waals surface area contributed by atoms with Crippen LogP contribution in [0.5, 0.6) is 0 Å². The van der Waals surface area contributed by atoms with Gasteiger partial charge in [-0.2, -0.15) is 5.10 Å². The fourth-order valence-corrected chi connectivity index (χ4v) is 1.86. The number of rotatable bonds is 4. The molecule has 1 aromatic heterocycles. The Kier molecular flexibility index (Phi) is 3.94. The summed E-state index contributed by atoms with van der Waals surface area (Å²) >= 11 is 0. The molecule has 1 heterocycles. The fourth-order valence-electron chi connectivity index (χ4n) is 1.86. The van der Waals surface area contributed by atoms with E-state index in [1.807, 2.05) is 51.1 Å². The first kappa shape index (κ1) is 13.3. The molecule has 0 aliphatic heterocycles. The van der Waals surface area contributed by atoms with Crippen LogP contribution in [0.15, 0.2) is 30.3 Å². The number of nitrogens with zero attached hydrogens (tertiary/aromatic N) is 3. The van der Waals surface area contributed by atoms with E-state index in [1.54, 1.807) is 4.68 Å². The lowest BCUT2D eigenvalue weighted by molar-refractivity contribution is -0.119. The van der Waals surface area contributed by atoms with E-state index < -0.39 is 0 Å². The molecule has 0 saturated carbocycles. The van der Waals surface area contributed by atoms with Crippen LogP contribution in [0.3, 0.4) is 0 Å². The van der Waals surface area contributed by atoms with Crippen LogP contribution < -0.4 is 5.32 Å². The number of carbonyl (C=O) groups excluding carboxylic acids is 1. The second-order valence-corrected chi connectivity index (χ2v) is 4.64. The average molecular weight is 258 g/mol. The normalized spacial score (nSPS) is 12.2. The summed E-state index contributed by atoms with van der Waals surface area (Å²) < 4.78 is 1.77. The van der Waals surface area contributed by atoms with E-state index in [1.165, 1.54) is 0 Å². The predicted octanol–water partition coefficient (Wildman–Crippen LogP) is 2.17. The molecule has 19 heavy (non-hydrogen) atoms. The minimum Gasteiger partial charge on any atom is -0.326 e. The molecule has 1 amide bonds. The highest BCUT2D eigenvalue weighted by Crippen LogP contribution is 2.09. The maximum Gasteiger partial charge on any atom is 0.229 e. The average Bonchev–Trinajstić information content (AvgIpc) is 2.69. The molecular formula is C14H18N4O. The summed E-state index contributed by atoms with van der Waals surface area (Å²) in [4.78, 5) is 16.3. The highest BCUT2D eigenvalue weighted by molar-refractivity contribution is 5.92. The van der Waals surface area contributed by atoms with Gasteiger partial charge in [0.1, 0.15) is 11.6 Å². The monoisotopic (exact) mass is 258 g/mol. The van der Waals surface area contributed by atoms with Gasteiger partial charge in [-0.15, -0.1) is 0 Å². The molecule has 0 aliphatic rings. The summed E-state index contributed by atoms with van der Waals surface area (Å²) in [5, 5.41) is 7.15. The third-order valence-corrected chi connectivity index (χ3v) is 2.90. The van der Waals surface area contributed by atoms with Crippen LogP contribution in [0.25, 0.3) is 0 Å². The van der Waals surface area contributed by atoms with Crippen LogP contribution in [0, 0.1) is 19.8 Å². The third-order valence-electron chi connectivity index (χ3n) is 2.90. The van der Waals surface area contributed by atoms with Crippen LogP contribution >= 0.6 is 0 Å². The summed E-state index contributed by atoms with van der Waals surface area (Å²) in [6.07, 6.45) is 0. The number of carbonyl (C=O) groups is 1. The van der Waals surface area contributed by atoms with Crippen LogP contribution in [0.1, 0.15) is 18.6 Å². The molecule has 1 N–H and O–H groups in total. The zero-order chi connectivity index (χ0) is 13.8. The van der Waals surface area contributed by atoms with Gasteiger partial charge in [-0.3, -0.25) is 4.79 Å². The van der Waals surface area contributed by atoms with Gasteiger partial charge < -0.3 is 5.32 Å². The van der Waals surface area contributed by atoms with Gasteiger partial charge >= 0.3 is 0 Å². The summed E-state index contributed by atoms with van der Waals surface area (Å²) in [5.74, 6) is 1.38. The topological polar surface area (TPSA) is 59.8 Å². The quantitative estimate of drug-likeness (QED) is 0.914. The van der Waals surface area contributed by atoms with Crippen molar-refractivity contribution in [3.8, 4) is 0 Å². The Morgan fingerprint density at radius 3 is 2.58 bits per heavy atom. The number of aromatic nitrogens is 3. The van der Waals surface area contributed by atoms with Gasteiger partial charge in [0.25, 0.3) is 0 Å². The number of nitrogens with one attached hydrogen (secondary N) is 1. The number of hydrogen-bond acceptors (Lipinski definition) is 3. The molecular weight excluding hydrogens is 240 g/mol. The maximum atomic E-state index is 12.1. The Labute approximate surface area is 112 Å². The van der Waals surface area contributed by atoms with Crippen LogP contribution in [0.4, 0.5) is 5.69 Å². The van der Waals surface area contributed by atoms with Crippen molar-refractivity contribution in [2.45, 2.75) is 27.3 Å². The highest BCUT2D eigenvalue weighted by atomic mass is 16.1. The number of aryl methyl sites for hydroxylation is 2. The fraction of sp³-hybridized carbons (Fsp3) is 0.357. The van der Waals surface area contributed by atoms with Gasteiger partial charge in [0.05, 0.1) is 12.5 Å². The number of para-hydroxylation sites is 1. The molecule has 0 aliphatic carbocycles. The van der Waals surface area contributed by atoms with Crippen molar-refractivity contribution < 1.29 is 4.79 Å². The lowest BCUT2D eigenvalue weighted by Crippen LogP contribution is -2.25. The number of benzene rings is 1. The van der Waals surface area contributed by atoms with Gasteiger partial charge in [0.15, 0.2) is 0 Å². The van der Waals surface area contributed by atoms with Gasteiger partial charge in [-0.1, -0.05) is 25.1 Å². The Bertz CT molecular complexity index is 562. The summed E-state index contributed by atoms with van der Waals surface area (Å²) in [6.45, 7) is 6.15. The molecule has 0 spiro atoms. The van der Waals surface area contributed by atoms with Crippen molar-refractivity contribution in [3.63, 3.8) is 0 Å². The molecule has 0 fully saturated rings. The van der Waals surface area contributed by atoms with Crippen molar-refractivity contribution in [1.82, 2.24) is 14.8 Å². The molecule has 5 heteroatoms. The lowest BCUT2D eigenvalue weighted by Gasteiger charge is -2.12. The van der Waals surface area contributed by atoms with Crippen molar-refractivity contribution >= 4 is 11.6 Å². The molecule has 0 radical (unpaired) electrons. The van der Waals surface area contributed by atoms with Crippen LogP contribution in [-0.2, 0) is 11.3 Å². The van der Waals surface area contributed by atoms with Crippen LogP contribution in [-0.4, -0.2) is 20.7 Å². The third kappa shape index (κ3) is 3.40. The zero-order valence-electron chi connectivity index (χ0n) is 11.4. The Balaban J connectivity index is 1.98. The van der Waals surface area contributed by atoms with Crippen molar-refractivity contribution in [3.05, 3.63) is 42.0 Å². The molecule has 0 unspecified atom stereocenters. The molecule has 100 valence electrons. The Morgan fingerprint density at radius 1 is 1.32 bits per heavy atom. The molecule has 2 aromatic rings. The largest absolute Gasteiger partial charge is 0.326 e. The standard InChI is InChI=1S/C14H18N4O/c1-10(9-18-12(3)15-11(2)17-18)14(19)16-13-7-5-4-6-8-13/h4-8,10H,9H2,1-3H3,(H,16,19)/t10-/m0/s1. The van der Waals surface area contributed by atoms with Gasteiger partial charge in [-0.05, 0) is 26.0 Å². The molecule has 2 rings (SSSR count). The van der Waals surface area contributed by atoms with E-state index in [2.05, 4.69) is 15.4 Å². The van der Waals surface area contributed by atoms with E-state index in [0.717, 1.165) is 17.3 Å². The molecule has 5 nitrogen and oxygen atoms in total. The van der Waals surface area contributed by atoms with Gasteiger partial charge in [-0.25, -0.2) is 9.67 Å². The van der Waals surface area contributed by atoms with Gasteiger partial charge in [0.2, 0.25) is 5.91 Å². The molecule has 1 atom stereocenters. The maximum absolute atomic E-state index is 12.1. The minimum atomic E-state index is -0.167. The van der Waals surface area contributed by atoms with E-state index in [9.17, 15) is 4.79 Å². The summed E-state index contributed by atoms with van der Waals surface area (Å²) in [5.41, 5.74) is 0.811. The van der Waals surface area contributed by atoms with Gasteiger partial charge in [0, 0.05) is 5.69 Å². The second kappa shape index (κ2) is 5.65. The smallest absolute Gasteiger partial charge is 0.229 e. The first-order valence-electron chi connectivity index (χ1n) is 6.30. The molecule has 1 aromatic carbocycles. The number of hydrogen-bond donors (Lipinski definition) is 1. The van der Waals surface area contributed by atoms with E-state index in [0.29, 0.717) is 6.54 Å². The molecule has 0 saturated heterocycles. The minimum absolute atomic E-state index is 0.0150. The first-order valence-corrected chi connectivity index (χ1v) is 6.30. The van der Waals surface area contributed by atoms with E-state index in [4.69, 9.17) is 0 Å². The second-order valence-electron chi connectivity index (χ2n) is 4.64. The van der Waals surface area contributed by atoms with Crippen molar-refractivity contribution in [2.75, 3.05) is 5.32 Å². The lowest BCUT2D eigenvalue weighted by atomic mass is 10.1. The van der Waals surface area contributed by atoms with Crippen LogP contribution in [0.2, 0.25) is 0 Å². The Hall–Kier alpha value is -2.17. The number of amides is 1. The Morgan fingerprint density at radius 2 is 2.00 bits per heavy atom. The number of anilines is 1. The summed E-state index contributed by atoms with van der Waals surface area (Å²) in [6, 6.07) is 9.45. The van der Waals surface area contributed by atoms with Crippen molar-refractivity contribution in [2.24, 2.45) is 5.92 Å². The van der Waals surface area contributed by atoms with E-state index >= 15 is 0 Å².